The van der Waals surface area contributed by atoms with Gasteiger partial charge in [0.15, 0.2) is 0 Å². The molecule has 12 fully saturated rings. The third-order valence-corrected chi connectivity index (χ3v) is 30.9. The van der Waals surface area contributed by atoms with Gasteiger partial charge in [-0.3, -0.25) is 0 Å². The summed E-state index contributed by atoms with van der Waals surface area (Å²) in [7, 11) is -4.21. The lowest BCUT2D eigenvalue weighted by atomic mass is 9.44. The highest BCUT2D eigenvalue weighted by Crippen LogP contribution is 2.72. The molecule has 12 saturated carbocycles. The zero-order valence-electron chi connectivity index (χ0n) is 50.8. The van der Waals surface area contributed by atoms with Crippen LogP contribution < -0.4 is 0 Å². The summed E-state index contributed by atoms with van der Waals surface area (Å²) in [5.41, 5.74) is 2.87. The molecule has 0 radical (unpaired) electrons. The van der Waals surface area contributed by atoms with E-state index in [4.69, 9.17) is 13.6 Å². The van der Waals surface area contributed by atoms with Crippen LogP contribution in [0.3, 0.4) is 0 Å². The SMILES string of the molecule is C[C@H](CC#COP(=O)(OC#CC[C@@H](C)[C@H]1CC[C@H]2[C@@H]3CCC4CCCC[C@]4(C)[C@H]3CC[C@]12C)OC#CC[C@@H](C)[C@H]1CC[C@H]2[C@@H]3CCC4CCCC[C@]4(C)[C@H]3CC[C@]12C)[C@H]1CC[C@H]2[C@@H]3CCC4CCCC[C@]4(C)[C@H]3CC[C@]12C. The van der Waals surface area contributed by atoms with Crippen molar-refractivity contribution >= 4 is 7.82 Å². The predicted molar refractivity (Wildman–Crippen MR) is 315 cm³/mol. The van der Waals surface area contributed by atoms with E-state index in [1.54, 1.807) is 0 Å². The summed E-state index contributed by atoms with van der Waals surface area (Å²) in [5, 5.41) is 0. The highest BCUT2D eigenvalue weighted by atomic mass is 31.2. The van der Waals surface area contributed by atoms with E-state index < -0.39 is 7.82 Å². The summed E-state index contributed by atoms with van der Waals surface area (Å²) in [6, 6.07) is 0. The normalized spacial score (nSPS) is 50.2. The van der Waals surface area contributed by atoms with E-state index in [-0.39, 0.29) is 0 Å². The Bertz CT molecular complexity index is 2120. The molecule has 0 amide bonds. The topological polar surface area (TPSA) is 44.8 Å². The zero-order chi connectivity index (χ0) is 53.6. The second-order valence-corrected chi connectivity index (χ2v) is 33.9. The lowest BCUT2D eigenvalue weighted by Crippen LogP contribution is -2.53. The van der Waals surface area contributed by atoms with E-state index >= 15 is 0 Å². The maximum Gasteiger partial charge on any atom is 0.673 e. The van der Waals surface area contributed by atoms with E-state index in [0.717, 1.165) is 90.3 Å². The van der Waals surface area contributed by atoms with Crippen LogP contribution in [0.2, 0.25) is 0 Å². The molecule has 77 heavy (non-hydrogen) atoms. The molecule has 12 rings (SSSR count). The summed E-state index contributed by atoms with van der Waals surface area (Å²) in [4.78, 5) is 0. The number of phosphoric ester groups is 1. The first-order valence-electron chi connectivity index (χ1n) is 34.0. The molecule has 24 atom stereocenters. The lowest BCUT2D eigenvalue weighted by Gasteiger charge is -2.60. The Balaban J connectivity index is 0.697. The fourth-order valence-electron chi connectivity index (χ4n) is 26.2. The van der Waals surface area contributed by atoms with Crippen LogP contribution in [-0.4, -0.2) is 0 Å². The van der Waals surface area contributed by atoms with Gasteiger partial charge in [0, 0.05) is 19.3 Å². The van der Waals surface area contributed by atoms with Crippen molar-refractivity contribution in [1.82, 2.24) is 0 Å². The van der Waals surface area contributed by atoms with Gasteiger partial charge in [0.25, 0.3) is 0 Å². The van der Waals surface area contributed by atoms with Gasteiger partial charge in [-0.2, -0.15) is 4.57 Å². The second-order valence-electron chi connectivity index (χ2n) is 32.5. The predicted octanol–water partition coefficient (Wildman–Crippen LogP) is 20.3. The summed E-state index contributed by atoms with van der Waals surface area (Å²) < 4.78 is 32.4. The Hall–Kier alpha value is -1.69. The number of hydrogen-bond acceptors (Lipinski definition) is 4. The van der Waals surface area contributed by atoms with Crippen molar-refractivity contribution in [3.8, 4) is 36.1 Å². The monoisotopic (exact) mass is 1070 g/mol. The molecule has 0 aliphatic heterocycles. The van der Waals surface area contributed by atoms with Gasteiger partial charge in [-0.15, -0.1) is 0 Å². The molecule has 5 heteroatoms. The average Bonchev–Trinajstić information content (AvgIpc) is 4.35. The van der Waals surface area contributed by atoms with Gasteiger partial charge in [0.1, 0.15) is 18.3 Å². The van der Waals surface area contributed by atoms with Gasteiger partial charge in [0.2, 0.25) is 0 Å². The number of rotatable bonds is 9. The Labute approximate surface area is 472 Å². The Kier molecular flexibility index (Phi) is 15.6. The Morgan fingerprint density at radius 2 is 0.636 bits per heavy atom. The first-order valence-corrected chi connectivity index (χ1v) is 35.5. The minimum Gasteiger partial charge on any atom is -0.331 e. The smallest absolute Gasteiger partial charge is 0.331 e. The summed E-state index contributed by atoms with van der Waals surface area (Å²) >= 11 is 0. The first kappa shape index (κ1) is 55.8. The Morgan fingerprint density at radius 1 is 0.351 bits per heavy atom. The molecule has 0 bridgehead atoms. The summed E-state index contributed by atoms with van der Waals surface area (Å²) in [6.07, 6.45) is 53.6. The molecule has 0 aromatic heterocycles. The number of fused-ring (bicyclic) bond motifs is 15. The van der Waals surface area contributed by atoms with Crippen molar-refractivity contribution in [2.75, 3.05) is 0 Å². The van der Waals surface area contributed by atoms with E-state index in [9.17, 15) is 4.57 Å². The zero-order valence-corrected chi connectivity index (χ0v) is 51.7. The van der Waals surface area contributed by atoms with Crippen molar-refractivity contribution in [2.24, 2.45) is 139 Å². The minimum atomic E-state index is -4.21. The highest BCUT2D eigenvalue weighted by Gasteiger charge is 2.63. The van der Waals surface area contributed by atoms with Crippen LogP contribution in [-0.2, 0) is 18.1 Å². The molecule has 0 aromatic carbocycles. The van der Waals surface area contributed by atoms with E-state index in [1.807, 2.05) is 0 Å². The van der Waals surface area contributed by atoms with Crippen LogP contribution in [0, 0.1) is 175 Å². The molecular weight excluding hydrogens is 960 g/mol. The maximum atomic E-state index is 14.6. The largest absolute Gasteiger partial charge is 0.673 e. The highest BCUT2D eigenvalue weighted by molar-refractivity contribution is 7.49. The molecule has 3 unspecified atom stereocenters. The van der Waals surface area contributed by atoms with E-state index in [1.165, 1.54) is 193 Å². The van der Waals surface area contributed by atoms with E-state index in [2.05, 4.69) is 98.4 Å². The second kappa shape index (κ2) is 21.5. The molecule has 0 spiro atoms. The van der Waals surface area contributed by atoms with Gasteiger partial charge in [-0.25, -0.2) is 0 Å². The molecule has 0 saturated heterocycles. The van der Waals surface area contributed by atoms with Gasteiger partial charge >= 0.3 is 7.82 Å². The van der Waals surface area contributed by atoms with Crippen molar-refractivity contribution < 1.29 is 18.1 Å². The molecular formula is C72H111O4P. The summed E-state index contributed by atoms with van der Waals surface area (Å²) in [6.45, 7) is 23.4. The van der Waals surface area contributed by atoms with Crippen molar-refractivity contribution in [3.63, 3.8) is 0 Å². The molecule has 12 aliphatic rings. The van der Waals surface area contributed by atoms with E-state index in [0.29, 0.717) is 68.0 Å². The first-order chi connectivity index (χ1) is 37.0. The van der Waals surface area contributed by atoms with Gasteiger partial charge < -0.3 is 13.6 Å². The summed E-state index contributed by atoms with van der Waals surface area (Å²) in [5.74, 6) is 24.3. The third-order valence-electron chi connectivity index (χ3n) is 30.0. The van der Waals surface area contributed by atoms with Crippen LogP contribution >= 0.6 is 7.82 Å². The van der Waals surface area contributed by atoms with Crippen molar-refractivity contribution in [1.29, 1.82) is 0 Å². The molecule has 0 heterocycles. The Morgan fingerprint density at radius 3 is 0.935 bits per heavy atom. The number of hydrogen-bond donors (Lipinski definition) is 0. The van der Waals surface area contributed by atoms with Crippen molar-refractivity contribution in [2.45, 2.75) is 274 Å². The standard InChI is InChI=1S/C72H111O4P/c1-49(58-31-34-61-55-28-25-52-22-10-13-40-67(52,4)64(55)37-43-70(58,61)7)19-16-46-74-77(73,75-47-17-20-50(2)59-32-35-62-56-29-26-53-23-11-14-41-68(53,5)65(56)38-44-71(59,62)8)76-48-18-21-51(3)60-33-36-63-57-30-27-54-24-12-15-42-69(54,6)66(57)39-45-72(60,63)9/h49-66H,10-15,19-45H2,1-9H3/t49-,50-,51-,52?,53?,54?,55+,56+,57+,58-,59-,60-,61+,62+,63+,64+,65+,66+,67+,68+,69+,70-,71-,72-,77?/m1/s1. The lowest BCUT2D eigenvalue weighted by molar-refractivity contribution is -0.114. The molecule has 428 valence electrons. The molecule has 4 nitrogen and oxygen atoms in total. The van der Waals surface area contributed by atoms with Crippen LogP contribution in [0.1, 0.15) is 274 Å². The van der Waals surface area contributed by atoms with Crippen molar-refractivity contribution in [3.05, 3.63) is 0 Å². The molecule has 0 N–H and O–H groups in total. The third kappa shape index (κ3) is 9.49. The van der Waals surface area contributed by atoms with Crippen LogP contribution in [0.25, 0.3) is 0 Å². The average molecular weight is 1070 g/mol. The maximum absolute atomic E-state index is 14.6. The fraction of sp³-hybridized carbons (Fsp3) is 0.917. The van der Waals surface area contributed by atoms with Crippen LogP contribution in [0.5, 0.6) is 0 Å². The van der Waals surface area contributed by atoms with Gasteiger partial charge in [0.05, 0.1) is 0 Å². The molecule has 12 aliphatic carbocycles. The number of phosphoric acid groups is 1. The molecule has 0 aromatic rings. The van der Waals surface area contributed by atoms with Crippen LogP contribution in [0.4, 0.5) is 0 Å². The fourth-order valence-corrected chi connectivity index (χ4v) is 26.8. The quantitative estimate of drug-likeness (QED) is 0.170. The van der Waals surface area contributed by atoms with Crippen LogP contribution in [0.15, 0.2) is 0 Å². The minimum absolute atomic E-state index is 0.383. The van der Waals surface area contributed by atoms with Gasteiger partial charge in [-0.05, 0) is 293 Å². The van der Waals surface area contributed by atoms with Gasteiger partial charge in [-0.1, -0.05) is 119 Å².